The molecule has 140 valence electrons. The third-order valence-electron chi connectivity index (χ3n) is 4.26. The van der Waals surface area contributed by atoms with Crippen molar-refractivity contribution in [2.24, 2.45) is 0 Å². The largest absolute Gasteiger partial charge is 0.494 e. The van der Waals surface area contributed by atoms with Gasteiger partial charge in [0.1, 0.15) is 10.8 Å². The van der Waals surface area contributed by atoms with Gasteiger partial charge in [-0.05, 0) is 48.2 Å². The van der Waals surface area contributed by atoms with E-state index in [-0.39, 0.29) is 11.0 Å². The molecule has 0 bridgehead atoms. The third kappa shape index (κ3) is 4.19. The number of carboxylic acid groups (broad SMARTS) is 1. The van der Waals surface area contributed by atoms with E-state index >= 15 is 0 Å². The highest BCUT2D eigenvalue weighted by Gasteiger charge is 2.20. The van der Waals surface area contributed by atoms with Crippen molar-refractivity contribution in [1.82, 2.24) is 4.98 Å². The van der Waals surface area contributed by atoms with Crippen molar-refractivity contribution in [2.45, 2.75) is 33.1 Å². The van der Waals surface area contributed by atoms with E-state index in [1.54, 1.807) is 35.6 Å². The first-order valence-corrected chi connectivity index (χ1v) is 9.68. The van der Waals surface area contributed by atoms with Crippen LogP contribution in [-0.2, 0) is 5.41 Å². The minimum atomic E-state index is -0.925. The number of carbonyl (C=O) groups is 1. The van der Waals surface area contributed by atoms with Gasteiger partial charge in [0.2, 0.25) is 0 Å². The molecule has 4 nitrogen and oxygen atoms in total. The number of hydrogen-bond donors (Lipinski definition) is 1. The van der Waals surface area contributed by atoms with Crippen LogP contribution in [0.4, 0.5) is 0 Å². The van der Waals surface area contributed by atoms with Crippen LogP contribution in [0.15, 0.2) is 48.7 Å². The van der Waals surface area contributed by atoms with E-state index in [1.807, 2.05) is 19.2 Å². The van der Waals surface area contributed by atoms with Crippen molar-refractivity contribution in [2.75, 3.05) is 6.61 Å². The molecule has 0 aliphatic carbocycles. The van der Waals surface area contributed by atoms with Gasteiger partial charge in [0.25, 0.3) is 0 Å². The van der Waals surface area contributed by atoms with Crippen molar-refractivity contribution in [3.8, 4) is 26.8 Å². The lowest BCUT2D eigenvalue weighted by atomic mass is 9.85. The van der Waals surface area contributed by atoms with Crippen LogP contribution in [0.5, 0.6) is 5.75 Å². The Labute approximate surface area is 163 Å². The predicted molar refractivity (Wildman–Crippen MR) is 110 cm³/mol. The van der Waals surface area contributed by atoms with E-state index in [9.17, 15) is 4.79 Å². The Morgan fingerprint density at radius 2 is 1.78 bits per heavy atom. The zero-order chi connectivity index (χ0) is 19.6. The fourth-order valence-corrected chi connectivity index (χ4v) is 3.77. The lowest BCUT2D eigenvalue weighted by Gasteiger charge is -2.23. The first-order chi connectivity index (χ1) is 12.8. The van der Waals surface area contributed by atoms with Gasteiger partial charge in [-0.2, -0.15) is 0 Å². The van der Waals surface area contributed by atoms with Crippen LogP contribution in [0.2, 0.25) is 0 Å². The summed E-state index contributed by atoms with van der Waals surface area (Å²) in [6, 6.07) is 13.1. The van der Waals surface area contributed by atoms with Crippen LogP contribution in [0.3, 0.4) is 0 Å². The van der Waals surface area contributed by atoms with E-state index in [1.165, 1.54) is 5.56 Å². The number of aromatic nitrogens is 1. The van der Waals surface area contributed by atoms with Crippen LogP contribution < -0.4 is 4.74 Å². The highest BCUT2D eigenvalue weighted by Crippen LogP contribution is 2.38. The number of ether oxygens (including phenoxy) is 1. The summed E-state index contributed by atoms with van der Waals surface area (Å²) in [5.41, 5.74) is 3.44. The van der Waals surface area contributed by atoms with Crippen LogP contribution in [0, 0.1) is 0 Å². The molecule has 0 amide bonds. The first-order valence-electron chi connectivity index (χ1n) is 8.87. The average Bonchev–Trinajstić information content (AvgIpc) is 3.11. The van der Waals surface area contributed by atoms with Gasteiger partial charge in [0.05, 0.1) is 17.0 Å². The smallest absolute Gasteiger partial charge is 0.335 e. The van der Waals surface area contributed by atoms with Gasteiger partial charge in [-0.25, -0.2) is 9.78 Å². The standard InChI is InChI=1S/C22H23NO3S/c1-5-26-18-11-10-16(12-17(18)22(2,3)4)19-13-23-20(27-19)14-6-8-15(9-7-14)21(24)25/h6-13H,5H2,1-4H3,(H,24,25). The molecule has 2 aromatic carbocycles. The van der Waals surface area contributed by atoms with Crippen molar-refractivity contribution < 1.29 is 14.6 Å². The maximum Gasteiger partial charge on any atom is 0.335 e. The highest BCUT2D eigenvalue weighted by atomic mass is 32.1. The Balaban J connectivity index is 1.95. The van der Waals surface area contributed by atoms with Gasteiger partial charge in [0, 0.05) is 17.3 Å². The van der Waals surface area contributed by atoms with Gasteiger partial charge < -0.3 is 9.84 Å². The number of rotatable bonds is 5. The molecular weight excluding hydrogens is 358 g/mol. The zero-order valence-corrected chi connectivity index (χ0v) is 16.8. The lowest BCUT2D eigenvalue weighted by Crippen LogP contribution is -2.13. The summed E-state index contributed by atoms with van der Waals surface area (Å²) in [6.07, 6.45) is 1.87. The molecule has 3 aromatic rings. The molecule has 0 saturated heterocycles. The molecule has 27 heavy (non-hydrogen) atoms. The highest BCUT2D eigenvalue weighted by molar-refractivity contribution is 7.18. The molecule has 3 rings (SSSR count). The average molecular weight is 381 g/mol. The number of carboxylic acids is 1. The Kier molecular flexibility index (Phi) is 5.33. The van der Waals surface area contributed by atoms with Crippen LogP contribution in [0.25, 0.3) is 21.0 Å². The van der Waals surface area contributed by atoms with Crippen molar-refractivity contribution in [3.63, 3.8) is 0 Å². The summed E-state index contributed by atoms with van der Waals surface area (Å²) in [6.45, 7) is 9.16. The second-order valence-electron chi connectivity index (χ2n) is 7.31. The fraction of sp³-hybridized carbons (Fsp3) is 0.273. The molecule has 0 radical (unpaired) electrons. The summed E-state index contributed by atoms with van der Waals surface area (Å²) in [7, 11) is 0. The summed E-state index contributed by atoms with van der Waals surface area (Å²) < 4.78 is 5.80. The Morgan fingerprint density at radius 3 is 2.37 bits per heavy atom. The number of benzene rings is 2. The van der Waals surface area contributed by atoms with Gasteiger partial charge in [0.15, 0.2) is 0 Å². The molecule has 0 fully saturated rings. The number of aromatic carboxylic acids is 1. The van der Waals surface area contributed by atoms with E-state index in [2.05, 4.69) is 37.9 Å². The Hall–Kier alpha value is -2.66. The lowest BCUT2D eigenvalue weighted by molar-refractivity contribution is 0.0697. The molecule has 0 aliphatic heterocycles. The first kappa shape index (κ1) is 19.1. The molecule has 0 atom stereocenters. The molecule has 5 heteroatoms. The predicted octanol–water partition coefficient (Wildman–Crippen LogP) is 5.87. The fourth-order valence-electron chi connectivity index (χ4n) is 2.85. The number of hydrogen-bond acceptors (Lipinski definition) is 4. The van der Waals surface area contributed by atoms with Gasteiger partial charge in [-0.1, -0.05) is 32.9 Å². The zero-order valence-electron chi connectivity index (χ0n) is 15.9. The van der Waals surface area contributed by atoms with Crippen LogP contribution >= 0.6 is 11.3 Å². The van der Waals surface area contributed by atoms with E-state index in [0.717, 1.165) is 26.8 Å². The van der Waals surface area contributed by atoms with Crippen molar-refractivity contribution in [1.29, 1.82) is 0 Å². The van der Waals surface area contributed by atoms with E-state index in [0.29, 0.717) is 6.61 Å². The minimum absolute atomic E-state index is 0.0271. The quantitative estimate of drug-likeness (QED) is 0.600. The van der Waals surface area contributed by atoms with Crippen LogP contribution in [-0.4, -0.2) is 22.7 Å². The summed E-state index contributed by atoms with van der Waals surface area (Å²) in [5.74, 6) is -0.00627. The van der Waals surface area contributed by atoms with Gasteiger partial charge >= 0.3 is 5.97 Å². The van der Waals surface area contributed by atoms with Crippen molar-refractivity contribution in [3.05, 3.63) is 59.8 Å². The molecule has 1 aromatic heterocycles. The number of nitrogens with zero attached hydrogens (tertiary/aromatic N) is 1. The molecule has 0 saturated carbocycles. The number of thiazole rings is 1. The molecule has 0 aliphatic rings. The molecule has 0 unspecified atom stereocenters. The minimum Gasteiger partial charge on any atom is -0.494 e. The summed E-state index contributed by atoms with van der Waals surface area (Å²) >= 11 is 1.59. The van der Waals surface area contributed by atoms with Gasteiger partial charge in [-0.15, -0.1) is 11.3 Å². The van der Waals surface area contributed by atoms with Crippen molar-refractivity contribution >= 4 is 17.3 Å². The topological polar surface area (TPSA) is 59.4 Å². The molecule has 1 N–H and O–H groups in total. The van der Waals surface area contributed by atoms with E-state index < -0.39 is 5.97 Å². The second-order valence-corrected chi connectivity index (χ2v) is 8.34. The monoisotopic (exact) mass is 381 g/mol. The normalized spacial score (nSPS) is 11.4. The van der Waals surface area contributed by atoms with Crippen LogP contribution in [0.1, 0.15) is 43.6 Å². The Morgan fingerprint density at radius 1 is 1.11 bits per heavy atom. The summed E-state index contributed by atoms with van der Waals surface area (Å²) in [4.78, 5) is 16.6. The molecular formula is C22H23NO3S. The summed E-state index contributed by atoms with van der Waals surface area (Å²) in [5, 5.41) is 9.90. The molecule has 0 spiro atoms. The Bertz CT molecular complexity index is 952. The SMILES string of the molecule is CCOc1ccc(-c2cnc(-c3ccc(C(=O)O)cc3)s2)cc1C(C)(C)C. The third-order valence-corrected chi connectivity index (χ3v) is 5.35. The van der Waals surface area contributed by atoms with Gasteiger partial charge in [-0.3, -0.25) is 0 Å². The second kappa shape index (κ2) is 7.53. The van der Waals surface area contributed by atoms with E-state index in [4.69, 9.17) is 9.84 Å². The maximum absolute atomic E-state index is 11.0. The maximum atomic E-state index is 11.0. The molecule has 1 heterocycles.